The van der Waals surface area contributed by atoms with Gasteiger partial charge in [-0.2, -0.15) is 18.3 Å². The van der Waals surface area contributed by atoms with E-state index in [-0.39, 0.29) is 11.5 Å². The van der Waals surface area contributed by atoms with Crippen LogP contribution in [0.15, 0.2) is 67.3 Å². The minimum atomic E-state index is -4.64. The minimum absolute atomic E-state index is 0.0450. The molecule has 156 valence electrons. The molecule has 0 bridgehead atoms. The lowest BCUT2D eigenvalue weighted by molar-refractivity contribution is -0.142. The molecule has 0 radical (unpaired) electrons. The summed E-state index contributed by atoms with van der Waals surface area (Å²) >= 11 is 1.94. The zero-order valence-corrected chi connectivity index (χ0v) is 17.7. The van der Waals surface area contributed by atoms with E-state index in [2.05, 4.69) is 25.4 Å². The van der Waals surface area contributed by atoms with Gasteiger partial charge in [-0.25, -0.2) is 14.6 Å². The van der Waals surface area contributed by atoms with Crippen LogP contribution in [-0.4, -0.2) is 30.6 Å². The van der Waals surface area contributed by atoms with Crippen molar-refractivity contribution in [1.29, 1.82) is 0 Å². The molecule has 0 unspecified atom stereocenters. The Balaban J connectivity index is 1.64. The Morgan fingerprint density at radius 2 is 1.84 bits per heavy atom. The molecule has 0 aliphatic rings. The summed E-state index contributed by atoms with van der Waals surface area (Å²) in [5, 5.41) is 6.71. The van der Waals surface area contributed by atoms with Gasteiger partial charge in [0, 0.05) is 24.2 Å². The molecular weight excluding hydrogens is 524 g/mol. The fraction of sp³-hybridized carbons (Fsp3) is 0.0500. The molecule has 0 aromatic carbocycles. The number of carbonyl (C=O) groups excluding carboxylic acids is 1. The fourth-order valence-electron chi connectivity index (χ4n) is 2.75. The van der Waals surface area contributed by atoms with E-state index in [0.29, 0.717) is 20.5 Å². The molecule has 0 aliphatic heterocycles. The summed E-state index contributed by atoms with van der Waals surface area (Å²) in [6.45, 7) is 0. The number of amides is 1. The van der Waals surface area contributed by atoms with Crippen LogP contribution in [0.4, 0.5) is 18.9 Å². The van der Waals surface area contributed by atoms with Gasteiger partial charge in [0.05, 0.1) is 23.1 Å². The highest BCUT2D eigenvalue weighted by Crippen LogP contribution is 2.33. The quantitative estimate of drug-likeness (QED) is 0.305. The zero-order chi connectivity index (χ0) is 22.0. The molecular formula is C20H12F3IN6O. The van der Waals surface area contributed by atoms with E-state index in [4.69, 9.17) is 0 Å². The van der Waals surface area contributed by atoms with Gasteiger partial charge in [-0.1, -0.05) is 0 Å². The second kappa shape index (κ2) is 8.41. The zero-order valence-electron chi connectivity index (χ0n) is 15.5. The van der Waals surface area contributed by atoms with Crippen LogP contribution in [0.3, 0.4) is 0 Å². The molecule has 4 heterocycles. The number of carbonyl (C=O) groups is 1. The second-order valence-electron chi connectivity index (χ2n) is 6.27. The average molecular weight is 536 g/mol. The predicted molar refractivity (Wildman–Crippen MR) is 114 cm³/mol. The topological polar surface area (TPSA) is 85.6 Å². The van der Waals surface area contributed by atoms with E-state index < -0.39 is 17.8 Å². The molecule has 7 nitrogen and oxygen atoms in total. The Labute approximate surface area is 187 Å². The highest BCUT2D eigenvalue weighted by molar-refractivity contribution is 14.1. The maximum absolute atomic E-state index is 13.6. The third-order valence-corrected chi connectivity index (χ3v) is 5.04. The lowest BCUT2D eigenvalue weighted by Crippen LogP contribution is -2.16. The third-order valence-electron chi connectivity index (χ3n) is 4.18. The second-order valence-corrected chi connectivity index (χ2v) is 7.29. The van der Waals surface area contributed by atoms with Crippen LogP contribution in [0.5, 0.6) is 0 Å². The summed E-state index contributed by atoms with van der Waals surface area (Å²) in [6.07, 6.45) is 1.14. The van der Waals surface area contributed by atoms with Gasteiger partial charge in [0.1, 0.15) is 3.70 Å². The molecule has 11 heteroatoms. The molecule has 0 spiro atoms. The Morgan fingerprint density at radius 1 is 1.03 bits per heavy atom. The molecule has 31 heavy (non-hydrogen) atoms. The molecule has 0 aliphatic carbocycles. The number of nitrogens with zero attached hydrogens (tertiary/aromatic N) is 5. The first-order valence-corrected chi connectivity index (χ1v) is 9.87. The van der Waals surface area contributed by atoms with Crippen molar-refractivity contribution in [3.63, 3.8) is 0 Å². The molecule has 0 saturated carbocycles. The molecule has 0 atom stereocenters. The summed E-state index contributed by atoms with van der Waals surface area (Å²) in [5.41, 5.74) is 0.286. The number of rotatable bonds is 4. The van der Waals surface area contributed by atoms with Gasteiger partial charge in [0.25, 0.3) is 5.91 Å². The number of pyridine rings is 3. The van der Waals surface area contributed by atoms with Crippen LogP contribution >= 0.6 is 22.6 Å². The van der Waals surface area contributed by atoms with Crippen molar-refractivity contribution in [3.05, 3.63) is 82.2 Å². The van der Waals surface area contributed by atoms with Gasteiger partial charge in [-0.3, -0.25) is 9.78 Å². The van der Waals surface area contributed by atoms with Crippen molar-refractivity contribution in [1.82, 2.24) is 24.7 Å². The number of anilines is 1. The van der Waals surface area contributed by atoms with Crippen LogP contribution < -0.4 is 5.32 Å². The molecule has 0 saturated heterocycles. The Morgan fingerprint density at radius 3 is 2.48 bits per heavy atom. The maximum Gasteiger partial charge on any atom is 0.433 e. The number of alkyl halides is 3. The van der Waals surface area contributed by atoms with Gasteiger partial charge in [-0.15, -0.1) is 0 Å². The Bertz CT molecular complexity index is 1230. The molecule has 4 aromatic heterocycles. The van der Waals surface area contributed by atoms with Crippen LogP contribution in [0, 0.1) is 3.70 Å². The van der Waals surface area contributed by atoms with Crippen molar-refractivity contribution >= 4 is 34.2 Å². The first kappa shape index (κ1) is 20.9. The number of hydrogen-bond donors (Lipinski definition) is 1. The van der Waals surface area contributed by atoms with Gasteiger partial charge in [-0.05, 0) is 65.1 Å². The molecule has 4 aromatic rings. The van der Waals surface area contributed by atoms with Crippen molar-refractivity contribution in [2.45, 2.75) is 6.18 Å². The Hall–Kier alpha value is -3.35. The summed E-state index contributed by atoms with van der Waals surface area (Å²) in [6, 6.07) is 10.2. The maximum atomic E-state index is 13.6. The molecule has 4 rings (SSSR count). The normalized spacial score (nSPS) is 11.4. The summed E-state index contributed by atoms with van der Waals surface area (Å²) < 4.78 is 42.0. The first-order chi connectivity index (χ1) is 14.8. The number of nitrogens with one attached hydrogen (secondary N) is 1. The van der Waals surface area contributed by atoms with Gasteiger partial charge < -0.3 is 5.32 Å². The number of aromatic nitrogens is 5. The largest absolute Gasteiger partial charge is 0.433 e. The highest BCUT2D eigenvalue weighted by Gasteiger charge is 2.36. The van der Waals surface area contributed by atoms with Crippen molar-refractivity contribution in [2.24, 2.45) is 0 Å². The van der Waals surface area contributed by atoms with Gasteiger partial charge >= 0.3 is 6.18 Å². The van der Waals surface area contributed by atoms with Gasteiger partial charge in [0.2, 0.25) is 0 Å². The smallest absolute Gasteiger partial charge is 0.321 e. The molecule has 1 amide bonds. The van der Waals surface area contributed by atoms with Gasteiger partial charge in [0.15, 0.2) is 11.5 Å². The lowest BCUT2D eigenvalue weighted by atomic mass is 10.2. The third kappa shape index (κ3) is 4.55. The molecule has 0 fully saturated rings. The van der Waals surface area contributed by atoms with Crippen LogP contribution in [0.25, 0.3) is 17.1 Å². The predicted octanol–water partition coefficient (Wildman–Crippen LogP) is 4.60. The monoisotopic (exact) mass is 536 g/mol. The Kier molecular flexibility index (Phi) is 5.67. The van der Waals surface area contributed by atoms with Crippen molar-refractivity contribution in [3.8, 4) is 17.1 Å². The van der Waals surface area contributed by atoms with E-state index in [1.54, 1.807) is 30.5 Å². The van der Waals surface area contributed by atoms with E-state index in [9.17, 15) is 18.0 Å². The van der Waals surface area contributed by atoms with E-state index in [1.165, 1.54) is 30.7 Å². The first-order valence-electron chi connectivity index (χ1n) is 8.79. The summed E-state index contributed by atoms with van der Waals surface area (Å²) in [4.78, 5) is 24.4. The van der Waals surface area contributed by atoms with Crippen molar-refractivity contribution < 1.29 is 18.0 Å². The number of hydrogen-bond acceptors (Lipinski definition) is 5. The van der Waals surface area contributed by atoms with Crippen LogP contribution in [0.1, 0.15) is 16.1 Å². The summed E-state index contributed by atoms with van der Waals surface area (Å²) in [5.74, 6) is -0.447. The van der Waals surface area contributed by atoms with Crippen LogP contribution in [-0.2, 0) is 6.18 Å². The number of halogens is 4. The average Bonchev–Trinajstić information content (AvgIpc) is 3.21. The minimum Gasteiger partial charge on any atom is -0.321 e. The van der Waals surface area contributed by atoms with E-state index in [0.717, 1.165) is 10.7 Å². The molecule has 1 N–H and O–H groups in total. The van der Waals surface area contributed by atoms with Crippen LogP contribution in [0.2, 0.25) is 0 Å². The SMILES string of the molecule is O=C(Nc1ccc(-n2nc(-c3cccnc3)cc2C(F)(F)F)nc1)c1cccnc1I. The summed E-state index contributed by atoms with van der Waals surface area (Å²) in [7, 11) is 0. The fourth-order valence-corrected chi connectivity index (χ4v) is 3.34. The van der Waals surface area contributed by atoms with Crippen molar-refractivity contribution in [2.75, 3.05) is 5.32 Å². The van der Waals surface area contributed by atoms with E-state index in [1.807, 2.05) is 22.6 Å². The van der Waals surface area contributed by atoms with E-state index >= 15 is 0 Å². The lowest BCUT2D eigenvalue weighted by Gasteiger charge is -2.10. The standard InChI is InChI=1S/C20H12F3IN6O/c21-20(22,23)16-9-15(12-3-1-7-25-10-12)29-30(16)17-6-5-13(11-27-17)28-19(31)14-4-2-8-26-18(14)24/h1-11H,(H,28,31). The highest BCUT2D eigenvalue weighted by atomic mass is 127.